The van der Waals surface area contributed by atoms with Crippen molar-refractivity contribution in [1.82, 2.24) is 9.80 Å². The van der Waals surface area contributed by atoms with E-state index in [0.717, 1.165) is 0 Å². The molecule has 1 atom stereocenters. The molecule has 8 heteroatoms. The van der Waals surface area contributed by atoms with Crippen molar-refractivity contribution in [2.75, 3.05) is 31.6 Å². The largest absolute Gasteiger partial charge is 0.469 e. The van der Waals surface area contributed by atoms with Crippen LogP contribution < -0.4 is 4.90 Å². The molecule has 162 valence electrons. The van der Waals surface area contributed by atoms with Gasteiger partial charge in [-0.05, 0) is 31.4 Å². The molecule has 2 aliphatic rings. The van der Waals surface area contributed by atoms with E-state index in [9.17, 15) is 19.2 Å². The maximum atomic E-state index is 13.3. The van der Waals surface area contributed by atoms with Gasteiger partial charge in [0.05, 0.1) is 24.8 Å². The van der Waals surface area contributed by atoms with E-state index in [2.05, 4.69) is 0 Å². The zero-order valence-electron chi connectivity index (χ0n) is 18.0. The number of amides is 3. The summed E-state index contributed by atoms with van der Waals surface area (Å²) in [6.45, 7) is 6.34. The number of ether oxygens (including phenoxy) is 1. The number of carbonyl (C=O) groups is 4. The molecule has 1 fully saturated rings. The van der Waals surface area contributed by atoms with Gasteiger partial charge in [0.1, 0.15) is 12.2 Å². The first kappa shape index (κ1) is 21.8. The SMILES string of the molecule is COC(=O)CCN(CC(C)C)C(=O)CN1C(=O)c2ccccc2N2C(=O)CCC12C. The number of anilines is 1. The monoisotopic (exact) mass is 415 g/mol. The van der Waals surface area contributed by atoms with Crippen molar-refractivity contribution in [1.29, 1.82) is 0 Å². The maximum Gasteiger partial charge on any atom is 0.307 e. The Morgan fingerprint density at radius 2 is 1.93 bits per heavy atom. The minimum Gasteiger partial charge on any atom is -0.469 e. The summed E-state index contributed by atoms with van der Waals surface area (Å²) in [6, 6.07) is 7.01. The number of esters is 1. The molecule has 1 aromatic rings. The molecule has 3 amide bonds. The highest BCUT2D eigenvalue weighted by Gasteiger charge is 2.53. The van der Waals surface area contributed by atoms with Gasteiger partial charge in [0.25, 0.3) is 5.91 Å². The first-order valence-corrected chi connectivity index (χ1v) is 10.3. The van der Waals surface area contributed by atoms with Crippen LogP contribution in [0.25, 0.3) is 0 Å². The van der Waals surface area contributed by atoms with Crippen molar-refractivity contribution in [2.24, 2.45) is 5.92 Å². The Bertz CT molecular complexity index is 868. The predicted molar refractivity (Wildman–Crippen MR) is 111 cm³/mol. The second-order valence-electron chi connectivity index (χ2n) is 8.41. The summed E-state index contributed by atoms with van der Waals surface area (Å²) in [6.07, 6.45) is 0.875. The van der Waals surface area contributed by atoms with Crippen LogP contribution in [0, 0.1) is 5.92 Å². The van der Waals surface area contributed by atoms with Crippen molar-refractivity contribution in [3.63, 3.8) is 0 Å². The van der Waals surface area contributed by atoms with Crippen molar-refractivity contribution < 1.29 is 23.9 Å². The summed E-state index contributed by atoms with van der Waals surface area (Å²) in [5, 5.41) is 0. The molecule has 0 N–H and O–H groups in total. The number of benzene rings is 1. The lowest BCUT2D eigenvalue weighted by atomic mass is 9.98. The molecule has 1 unspecified atom stereocenters. The van der Waals surface area contributed by atoms with Gasteiger partial charge in [-0.15, -0.1) is 0 Å². The van der Waals surface area contributed by atoms with Crippen molar-refractivity contribution in [2.45, 2.75) is 45.7 Å². The second-order valence-corrected chi connectivity index (χ2v) is 8.41. The van der Waals surface area contributed by atoms with Crippen LogP contribution in [0.15, 0.2) is 24.3 Å². The fraction of sp³-hybridized carbons (Fsp3) is 0.545. The Morgan fingerprint density at radius 3 is 2.60 bits per heavy atom. The highest BCUT2D eigenvalue weighted by Crippen LogP contribution is 2.43. The number of hydrogen-bond donors (Lipinski definition) is 0. The lowest BCUT2D eigenvalue weighted by Gasteiger charge is -2.48. The number of methoxy groups -OCH3 is 1. The summed E-state index contributed by atoms with van der Waals surface area (Å²) >= 11 is 0. The zero-order valence-corrected chi connectivity index (χ0v) is 18.0. The topological polar surface area (TPSA) is 87.2 Å². The highest BCUT2D eigenvalue weighted by molar-refractivity contribution is 6.11. The summed E-state index contributed by atoms with van der Waals surface area (Å²) < 4.78 is 4.69. The van der Waals surface area contributed by atoms with Crippen molar-refractivity contribution in [3.8, 4) is 0 Å². The number of para-hydroxylation sites is 1. The van der Waals surface area contributed by atoms with E-state index in [1.807, 2.05) is 20.8 Å². The van der Waals surface area contributed by atoms with E-state index >= 15 is 0 Å². The first-order chi connectivity index (χ1) is 14.2. The molecule has 0 aromatic heterocycles. The van der Waals surface area contributed by atoms with Gasteiger partial charge in [0.2, 0.25) is 11.8 Å². The molecule has 0 bridgehead atoms. The molecule has 2 aliphatic heterocycles. The van der Waals surface area contributed by atoms with E-state index < -0.39 is 5.66 Å². The smallest absolute Gasteiger partial charge is 0.307 e. The number of rotatable bonds is 7. The van der Waals surface area contributed by atoms with Gasteiger partial charge in [-0.2, -0.15) is 0 Å². The molecule has 3 rings (SSSR count). The van der Waals surface area contributed by atoms with E-state index in [-0.39, 0.29) is 49.1 Å². The Labute approximate surface area is 176 Å². The Morgan fingerprint density at radius 1 is 1.23 bits per heavy atom. The van der Waals surface area contributed by atoms with Crippen LogP contribution in [0.1, 0.15) is 50.4 Å². The third-order valence-electron chi connectivity index (χ3n) is 5.79. The van der Waals surface area contributed by atoms with Gasteiger partial charge in [0, 0.05) is 19.5 Å². The summed E-state index contributed by atoms with van der Waals surface area (Å²) in [5.41, 5.74) is 0.133. The minimum absolute atomic E-state index is 0.0559. The van der Waals surface area contributed by atoms with Gasteiger partial charge < -0.3 is 14.5 Å². The van der Waals surface area contributed by atoms with E-state index in [1.165, 1.54) is 12.0 Å². The summed E-state index contributed by atoms with van der Waals surface area (Å²) in [4.78, 5) is 55.5. The van der Waals surface area contributed by atoms with Crippen LogP contribution in [-0.2, 0) is 19.1 Å². The summed E-state index contributed by atoms with van der Waals surface area (Å²) in [5.74, 6) is -0.756. The van der Waals surface area contributed by atoms with E-state index in [1.54, 1.807) is 34.1 Å². The molecule has 2 heterocycles. The number of nitrogens with zero attached hydrogens (tertiary/aromatic N) is 3. The predicted octanol–water partition coefficient (Wildman–Crippen LogP) is 2.03. The average molecular weight is 415 g/mol. The molecule has 1 saturated heterocycles. The standard InChI is InChI=1S/C22H29N3O5/c1-15(2)13-23(12-10-20(28)30-4)19(27)14-24-21(29)16-7-5-6-8-17(16)25-18(26)9-11-22(24,25)3/h5-8,15H,9-14H2,1-4H3. The molecular weight excluding hydrogens is 386 g/mol. The fourth-order valence-corrected chi connectivity index (χ4v) is 4.26. The molecule has 0 radical (unpaired) electrons. The fourth-order valence-electron chi connectivity index (χ4n) is 4.26. The Balaban J connectivity index is 1.88. The second kappa shape index (κ2) is 8.45. The van der Waals surface area contributed by atoms with Crippen molar-refractivity contribution in [3.05, 3.63) is 29.8 Å². The zero-order chi connectivity index (χ0) is 22.1. The van der Waals surface area contributed by atoms with E-state index in [0.29, 0.717) is 30.6 Å². The molecule has 1 aromatic carbocycles. The molecule has 0 spiro atoms. The molecule has 30 heavy (non-hydrogen) atoms. The van der Waals surface area contributed by atoms with Gasteiger partial charge in [-0.3, -0.25) is 24.1 Å². The van der Waals surface area contributed by atoms with Gasteiger partial charge in [-0.1, -0.05) is 26.0 Å². The van der Waals surface area contributed by atoms with Crippen LogP contribution in [0.4, 0.5) is 5.69 Å². The maximum absolute atomic E-state index is 13.3. The van der Waals surface area contributed by atoms with Crippen LogP contribution in [0.5, 0.6) is 0 Å². The Kier molecular flexibility index (Phi) is 6.14. The summed E-state index contributed by atoms with van der Waals surface area (Å²) in [7, 11) is 1.31. The normalized spacial score (nSPS) is 20.3. The Hall–Kier alpha value is -2.90. The van der Waals surface area contributed by atoms with Crippen LogP contribution in [-0.4, -0.2) is 65.9 Å². The lowest BCUT2D eigenvalue weighted by molar-refractivity contribution is -0.142. The molecule has 0 aliphatic carbocycles. The van der Waals surface area contributed by atoms with Crippen molar-refractivity contribution >= 4 is 29.4 Å². The molecular formula is C22H29N3O5. The number of fused-ring (bicyclic) bond motifs is 3. The number of carbonyl (C=O) groups excluding carboxylic acids is 4. The van der Waals surface area contributed by atoms with Gasteiger partial charge in [0.15, 0.2) is 0 Å². The minimum atomic E-state index is -0.885. The number of hydrogen-bond acceptors (Lipinski definition) is 5. The van der Waals surface area contributed by atoms with Gasteiger partial charge >= 0.3 is 5.97 Å². The molecule has 0 saturated carbocycles. The lowest BCUT2D eigenvalue weighted by Crippen LogP contribution is -2.64. The first-order valence-electron chi connectivity index (χ1n) is 10.3. The highest BCUT2D eigenvalue weighted by atomic mass is 16.5. The average Bonchev–Trinajstić information content (AvgIpc) is 3.03. The van der Waals surface area contributed by atoms with E-state index in [4.69, 9.17) is 4.74 Å². The van der Waals surface area contributed by atoms with Crippen LogP contribution >= 0.6 is 0 Å². The molecule has 8 nitrogen and oxygen atoms in total. The van der Waals surface area contributed by atoms with Crippen LogP contribution in [0.2, 0.25) is 0 Å². The van der Waals surface area contributed by atoms with Crippen LogP contribution in [0.3, 0.4) is 0 Å². The quantitative estimate of drug-likeness (QED) is 0.636. The third-order valence-corrected chi connectivity index (χ3v) is 5.79. The third kappa shape index (κ3) is 3.91. The van der Waals surface area contributed by atoms with Gasteiger partial charge in [-0.25, -0.2) is 0 Å².